The predicted molar refractivity (Wildman–Crippen MR) is 81.0 cm³/mol. The third-order valence-electron chi connectivity index (χ3n) is 4.03. The van der Waals surface area contributed by atoms with Gasteiger partial charge in [-0.2, -0.15) is 0 Å². The standard InChI is InChI=1S/C16H19FN4O2/c1-20-11-18-19-15(20)6-7-16(22)21-8-9-23-14(10-21)12-2-4-13(17)5-3-12/h2-5,11,14H,6-10H2,1H3/t14-/m0/s1. The molecule has 1 aromatic heterocycles. The van der Waals surface area contributed by atoms with E-state index in [1.807, 2.05) is 11.6 Å². The van der Waals surface area contributed by atoms with Crippen molar-refractivity contribution in [2.45, 2.75) is 18.9 Å². The molecule has 1 aliphatic rings. The molecule has 0 aliphatic carbocycles. The number of morpholine rings is 1. The van der Waals surface area contributed by atoms with Gasteiger partial charge in [0.2, 0.25) is 5.91 Å². The molecule has 1 atom stereocenters. The number of aryl methyl sites for hydroxylation is 2. The van der Waals surface area contributed by atoms with Crippen molar-refractivity contribution in [1.29, 1.82) is 0 Å². The number of ether oxygens (including phenoxy) is 1. The van der Waals surface area contributed by atoms with Gasteiger partial charge in [-0.3, -0.25) is 4.79 Å². The van der Waals surface area contributed by atoms with Crippen LogP contribution in [0.2, 0.25) is 0 Å². The number of carbonyl (C=O) groups is 1. The Kier molecular flexibility index (Phi) is 4.66. The van der Waals surface area contributed by atoms with Crippen LogP contribution in [0.3, 0.4) is 0 Å². The first-order chi connectivity index (χ1) is 11.1. The number of halogens is 1. The highest BCUT2D eigenvalue weighted by molar-refractivity contribution is 5.76. The summed E-state index contributed by atoms with van der Waals surface area (Å²) in [4.78, 5) is 14.2. The van der Waals surface area contributed by atoms with Crippen LogP contribution in [0.25, 0.3) is 0 Å². The molecule has 122 valence electrons. The molecule has 2 aromatic rings. The van der Waals surface area contributed by atoms with Gasteiger partial charge in [-0.25, -0.2) is 4.39 Å². The van der Waals surface area contributed by atoms with Gasteiger partial charge in [0.15, 0.2) is 0 Å². The number of amides is 1. The average molecular weight is 318 g/mol. The van der Waals surface area contributed by atoms with Crippen LogP contribution in [0.5, 0.6) is 0 Å². The minimum atomic E-state index is -0.277. The largest absolute Gasteiger partial charge is 0.370 e. The van der Waals surface area contributed by atoms with Crippen molar-refractivity contribution >= 4 is 5.91 Å². The van der Waals surface area contributed by atoms with E-state index in [4.69, 9.17) is 4.74 Å². The van der Waals surface area contributed by atoms with Crippen molar-refractivity contribution in [1.82, 2.24) is 19.7 Å². The molecule has 7 heteroatoms. The van der Waals surface area contributed by atoms with Crippen LogP contribution in [-0.2, 0) is 23.0 Å². The van der Waals surface area contributed by atoms with Crippen molar-refractivity contribution in [3.05, 3.63) is 47.8 Å². The number of hydrogen-bond acceptors (Lipinski definition) is 4. The van der Waals surface area contributed by atoms with Crippen LogP contribution >= 0.6 is 0 Å². The van der Waals surface area contributed by atoms with Gasteiger partial charge in [0.05, 0.1) is 13.2 Å². The Morgan fingerprint density at radius 3 is 2.87 bits per heavy atom. The third-order valence-corrected chi connectivity index (χ3v) is 4.03. The van der Waals surface area contributed by atoms with Gasteiger partial charge in [0.1, 0.15) is 24.1 Å². The second kappa shape index (κ2) is 6.87. The lowest BCUT2D eigenvalue weighted by Crippen LogP contribution is -2.42. The lowest BCUT2D eigenvalue weighted by atomic mass is 10.1. The second-order valence-electron chi connectivity index (χ2n) is 5.61. The van der Waals surface area contributed by atoms with Gasteiger partial charge in [0, 0.05) is 26.4 Å². The molecule has 1 fully saturated rings. The summed E-state index contributed by atoms with van der Waals surface area (Å²) in [6, 6.07) is 6.22. The highest BCUT2D eigenvalue weighted by atomic mass is 19.1. The zero-order valence-electron chi connectivity index (χ0n) is 13.0. The molecule has 2 heterocycles. The van der Waals surface area contributed by atoms with Gasteiger partial charge >= 0.3 is 0 Å². The summed E-state index contributed by atoms with van der Waals surface area (Å²) in [6.07, 6.45) is 2.37. The lowest BCUT2D eigenvalue weighted by Gasteiger charge is -2.33. The third kappa shape index (κ3) is 3.73. The molecule has 0 N–H and O–H groups in total. The molecule has 0 saturated carbocycles. The Hall–Kier alpha value is -2.28. The molecule has 1 saturated heterocycles. The number of aromatic nitrogens is 3. The van der Waals surface area contributed by atoms with Gasteiger partial charge in [0.25, 0.3) is 0 Å². The molecule has 1 aromatic carbocycles. The number of hydrogen-bond donors (Lipinski definition) is 0. The van der Waals surface area contributed by atoms with E-state index in [-0.39, 0.29) is 17.8 Å². The smallest absolute Gasteiger partial charge is 0.223 e. The molecule has 3 rings (SSSR count). The molecular weight excluding hydrogens is 299 g/mol. The number of benzene rings is 1. The molecule has 0 radical (unpaired) electrons. The van der Waals surface area contributed by atoms with Gasteiger partial charge in [-0.1, -0.05) is 12.1 Å². The average Bonchev–Trinajstić information content (AvgIpc) is 2.98. The van der Waals surface area contributed by atoms with E-state index in [0.717, 1.165) is 11.4 Å². The number of nitrogens with zero attached hydrogens (tertiary/aromatic N) is 4. The summed E-state index contributed by atoms with van der Waals surface area (Å²) in [5, 5.41) is 7.79. The van der Waals surface area contributed by atoms with E-state index in [1.54, 1.807) is 23.4 Å². The lowest BCUT2D eigenvalue weighted by molar-refractivity contribution is -0.139. The summed E-state index contributed by atoms with van der Waals surface area (Å²) >= 11 is 0. The molecule has 1 aliphatic heterocycles. The van der Waals surface area contributed by atoms with Crippen molar-refractivity contribution in [2.24, 2.45) is 7.05 Å². The highest BCUT2D eigenvalue weighted by Gasteiger charge is 2.25. The van der Waals surface area contributed by atoms with Crippen LogP contribution in [0.4, 0.5) is 4.39 Å². The van der Waals surface area contributed by atoms with Crippen LogP contribution < -0.4 is 0 Å². The normalized spacial score (nSPS) is 18.2. The predicted octanol–water partition coefficient (Wildman–Crippen LogP) is 1.49. The van der Waals surface area contributed by atoms with Crippen LogP contribution in [0.15, 0.2) is 30.6 Å². The van der Waals surface area contributed by atoms with Crippen molar-refractivity contribution < 1.29 is 13.9 Å². The van der Waals surface area contributed by atoms with Crippen molar-refractivity contribution in [3.8, 4) is 0 Å². The second-order valence-corrected chi connectivity index (χ2v) is 5.61. The maximum atomic E-state index is 13.0. The van der Waals surface area contributed by atoms with E-state index in [0.29, 0.717) is 32.5 Å². The van der Waals surface area contributed by atoms with E-state index in [1.165, 1.54) is 12.1 Å². The first kappa shape index (κ1) is 15.6. The monoisotopic (exact) mass is 318 g/mol. The Bertz CT molecular complexity index is 671. The number of rotatable bonds is 4. The van der Waals surface area contributed by atoms with Crippen molar-refractivity contribution in [2.75, 3.05) is 19.7 Å². The summed E-state index contributed by atoms with van der Waals surface area (Å²) in [6.45, 7) is 1.55. The fraction of sp³-hybridized carbons (Fsp3) is 0.438. The molecule has 0 bridgehead atoms. The summed E-state index contributed by atoms with van der Waals surface area (Å²) in [5.74, 6) is 0.589. The Morgan fingerprint density at radius 2 is 2.17 bits per heavy atom. The SMILES string of the molecule is Cn1cnnc1CCC(=O)N1CCO[C@H](c2ccc(F)cc2)C1. The Labute approximate surface area is 133 Å². The summed E-state index contributed by atoms with van der Waals surface area (Å²) in [5.41, 5.74) is 0.886. The fourth-order valence-electron chi connectivity index (χ4n) is 2.67. The molecule has 6 nitrogen and oxygen atoms in total. The fourth-order valence-corrected chi connectivity index (χ4v) is 2.67. The first-order valence-corrected chi connectivity index (χ1v) is 7.61. The van der Waals surface area contributed by atoms with Crippen molar-refractivity contribution in [3.63, 3.8) is 0 Å². The topological polar surface area (TPSA) is 60.2 Å². The van der Waals surface area contributed by atoms with E-state index < -0.39 is 0 Å². The summed E-state index contributed by atoms with van der Waals surface area (Å²) < 4.78 is 20.5. The maximum absolute atomic E-state index is 13.0. The Balaban J connectivity index is 1.58. The zero-order chi connectivity index (χ0) is 16.2. The zero-order valence-corrected chi connectivity index (χ0v) is 13.0. The quantitative estimate of drug-likeness (QED) is 0.857. The molecular formula is C16H19FN4O2. The van der Waals surface area contributed by atoms with E-state index in [2.05, 4.69) is 10.2 Å². The highest BCUT2D eigenvalue weighted by Crippen LogP contribution is 2.23. The van der Waals surface area contributed by atoms with E-state index >= 15 is 0 Å². The molecule has 23 heavy (non-hydrogen) atoms. The summed E-state index contributed by atoms with van der Waals surface area (Å²) in [7, 11) is 1.86. The van der Waals surface area contributed by atoms with E-state index in [9.17, 15) is 9.18 Å². The first-order valence-electron chi connectivity index (χ1n) is 7.61. The minimum Gasteiger partial charge on any atom is -0.370 e. The minimum absolute atomic E-state index is 0.0726. The number of carbonyl (C=O) groups excluding carboxylic acids is 1. The molecule has 0 spiro atoms. The molecule has 0 unspecified atom stereocenters. The Morgan fingerprint density at radius 1 is 1.39 bits per heavy atom. The van der Waals surface area contributed by atoms with Crippen LogP contribution in [0, 0.1) is 5.82 Å². The molecule has 1 amide bonds. The van der Waals surface area contributed by atoms with Gasteiger partial charge in [-0.05, 0) is 17.7 Å². The van der Waals surface area contributed by atoms with Crippen LogP contribution in [0.1, 0.15) is 23.9 Å². The van der Waals surface area contributed by atoms with Crippen LogP contribution in [-0.4, -0.2) is 45.3 Å². The van der Waals surface area contributed by atoms with Gasteiger partial charge in [-0.15, -0.1) is 10.2 Å². The van der Waals surface area contributed by atoms with Gasteiger partial charge < -0.3 is 14.2 Å². The maximum Gasteiger partial charge on any atom is 0.223 e.